The fraction of sp³-hybridized carbons (Fsp3) is 0.600. The van der Waals surface area contributed by atoms with Crippen LogP contribution in [0.2, 0.25) is 0 Å². The van der Waals surface area contributed by atoms with Gasteiger partial charge in [0.2, 0.25) is 5.82 Å². The van der Waals surface area contributed by atoms with Crippen molar-refractivity contribution in [2.45, 2.75) is 77.0 Å². The monoisotopic (exact) mass is 1110 g/mol. The number of benzene rings is 1. The van der Waals surface area contributed by atoms with Crippen LogP contribution in [0.3, 0.4) is 0 Å². The van der Waals surface area contributed by atoms with Gasteiger partial charge in [0.1, 0.15) is 30.9 Å². The van der Waals surface area contributed by atoms with Crippen molar-refractivity contribution in [3.63, 3.8) is 0 Å². The average Bonchev–Trinajstić information content (AvgIpc) is 3.58. The summed E-state index contributed by atoms with van der Waals surface area (Å²) in [6, 6.07) is 7.00. The molecule has 3 aromatic rings. The molecule has 1 aliphatic heterocycles. The van der Waals surface area contributed by atoms with Crippen LogP contribution in [0, 0.1) is 13.8 Å². The molecule has 4 rings (SSSR count). The van der Waals surface area contributed by atoms with Crippen LogP contribution in [0.4, 0.5) is 0 Å². The minimum absolute atomic E-state index is 0.0716. The van der Waals surface area contributed by atoms with Crippen LogP contribution in [0.25, 0.3) is 11.4 Å². The lowest BCUT2D eigenvalue weighted by Crippen LogP contribution is -2.33. The zero-order valence-electron chi connectivity index (χ0n) is 36.0. The van der Waals surface area contributed by atoms with Crippen LogP contribution in [0.5, 0.6) is 5.75 Å². The number of rotatable bonds is 31. The lowest BCUT2D eigenvalue weighted by Gasteiger charge is -2.21. The first-order valence-electron chi connectivity index (χ1n) is 19.8. The molecule has 1 saturated heterocycles. The Kier molecular flexibility index (Phi) is 22.0. The van der Waals surface area contributed by atoms with E-state index in [-0.39, 0.29) is 44.6 Å². The minimum atomic E-state index is -6.50. The predicted octanol–water partition coefficient (Wildman–Crippen LogP) is 1.72. The summed E-state index contributed by atoms with van der Waals surface area (Å²) in [6.45, 7) is 2.47. The molecule has 2 aromatic heterocycles. The molecule has 0 saturated carbocycles. The molecular formula is C30H49N7O26P6. The molecule has 1 aliphatic rings. The molecule has 69 heavy (non-hydrogen) atoms. The summed E-state index contributed by atoms with van der Waals surface area (Å²) in [4.78, 5) is 84.3. The number of aliphatic hydroxyl groups is 2. The number of ether oxygens (including phenoxy) is 3. The van der Waals surface area contributed by atoms with Gasteiger partial charge in [-0.2, -0.15) is 21.6 Å². The Morgan fingerprint density at radius 1 is 0.739 bits per heavy atom. The van der Waals surface area contributed by atoms with Gasteiger partial charge in [0, 0.05) is 30.2 Å². The van der Waals surface area contributed by atoms with E-state index in [0.717, 1.165) is 16.3 Å². The molecule has 0 radical (unpaired) electrons. The summed E-state index contributed by atoms with van der Waals surface area (Å²) < 4.78 is 118. The minimum Gasteiger partial charge on any atom is -0.491 e. The van der Waals surface area contributed by atoms with Crippen molar-refractivity contribution < 1.29 is 112 Å². The Morgan fingerprint density at radius 3 is 1.88 bits per heavy atom. The maximum absolute atomic E-state index is 12.3. The number of aromatic amines is 1. The van der Waals surface area contributed by atoms with Gasteiger partial charge < -0.3 is 53.8 Å². The molecule has 8 unspecified atom stereocenters. The van der Waals surface area contributed by atoms with Gasteiger partial charge in [0.15, 0.2) is 5.82 Å². The number of phosphoric acid groups is 6. The third kappa shape index (κ3) is 21.5. The molecule has 39 heteroatoms. The Labute approximate surface area is 389 Å². The van der Waals surface area contributed by atoms with Gasteiger partial charge in [0.25, 0.3) is 5.56 Å². The second kappa shape index (κ2) is 25.8. The van der Waals surface area contributed by atoms with Crippen molar-refractivity contribution in [3.8, 4) is 17.1 Å². The van der Waals surface area contributed by atoms with Gasteiger partial charge in [0.05, 0.1) is 32.5 Å². The highest BCUT2D eigenvalue weighted by Crippen LogP contribution is 2.75. The fourth-order valence-electron chi connectivity index (χ4n) is 5.50. The zero-order valence-corrected chi connectivity index (χ0v) is 41.4. The zero-order chi connectivity index (χ0) is 51.3. The number of nitrogens with zero attached hydrogens (tertiary/aromatic N) is 5. The number of aromatic nitrogens is 6. The summed E-state index contributed by atoms with van der Waals surface area (Å²) >= 11 is 0. The van der Waals surface area contributed by atoms with E-state index < -0.39 is 96.1 Å². The molecule has 0 spiro atoms. The maximum atomic E-state index is 12.3. The maximum Gasteiger partial charge on any atom is 0.490 e. The largest absolute Gasteiger partial charge is 0.491 e. The smallest absolute Gasteiger partial charge is 0.490 e. The van der Waals surface area contributed by atoms with Gasteiger partial charge in [-0.05, 0) is 57.5 Å². The van der Waals surface area contributed by atoms with E-state index in [1.165, 1.54) is 6.92 Å². The van der Waals surface area contributed by atoms with Gasteiger partial charge in [-0.3, -0.25) is 28.7 Å². The number of nitrogens with one attached hydrogen (secondary N) is 2. The summed E-state index contributed by atoms with van der Waals surface area (Å²) in [5.41, 5.74) is -0.843. The first kappa shape index (κ1) is 58.9. The Hall–Kier alpha value is -2.70. The van der Waals surface area contributed by atoms with Crippen LogP contribution in [-0.4, -0.2) is 128 Å². The highest BCUT2D eigenvalue weighted by atomic mass is 31.3. The molecule has 10 atom stereocenters. The van der Waals surface area contributed by atoms with E-state index in [2.05, 4.69) is 56.3 Å². The van der Waals surface area contributed by atoms with E-state index in [4.69, 9.17) is 14.2 Å². The van der Waals surface area contributed by atoms with Gasteiger partial charge >= 0.3 is 52.6 Å². The molecule has 1 fully saturated rings. The quantitative estimate of drug-likeness (QED) is 0.0249. The second-order valence-electron chi connectivity index (χ2n) is 14.2. The SMILES string of the molecule is Cc1nnc(-c2ccc(OCCOCCC(O)NCCCCCCOP(=O)(O)OP(=O)(O)OP(=O)(O)OP(=O)(O)OP(=O)(O)OP(=O)(O)OC[C@H]3O[C@@H](n4cc(C)c(=O)[nH]c4=O)CC3O)cc2)nn1. The number of unbranched alkanes of at least 4 members (excludes halogenated alkanes) is 3. The Morgan fingerprint density at radius 2 is 1.29 bits per heavy atom. The Bertz CT molecular complexity index is 2570. The highest BCUT2D eigenvalue weighted by Gasteiger charge is 2.50. The highest BCUT2D eigenvalue weighted by molar-refractivity contribution is 7.72. The molecule has 10 N–H and O–H groups in total. The summed E-state index contributed by atoms with van der Waals surface area (Å²) in [7, 11) is -37.0. The van der Waals surface area contributed by atoms with Crippen LogP contribution >= 0.6 is 46.9 Å². The number of H-pyrrole nitrogens is 1. The lowest BCUT2D eigenvalue weighted by atomic mass is 10.2. The third-order valence-electron chi connectivity index (χ3n) is 8.52. The number of aryl methyl sites for hydroxylation is 2. The standard InChI is InChI=1S/C30H49N7O26P6/c1-20-18-37(30(41)32-29(20)40)27-17-24(38)25(58-27)19-57-65(44,45)60-67(48,49)62-69(52,53)63-68(50,51)61-66(46,47)59-64(42,43)56-13-6-4-3-5-12-31-26(39)11-14-54-15-16-55-23-9-7-22(8-10-23)28-35-33-21(2)34-36-28/h7-10,18,24-27,31,38-39H,3-6,11-17,19H2,1-2H3,(H,42,43)(H,44,45)(H,46,47)(H,48,49)(H,50,51)(H,52,53)(H,32,40,41)/t24?,25-,26?,27-/m1/s1. The lowest BCUT2D eigenvalue weighted by molar-refractivity contribution is -0.0450. The van der Waals surface area contributed by atoms with E-state index in [0.29, 0.717) is 43.2 Å². The Balaban J connectivity index is 1.06. The number of aliphatic hydroxyl groups excluding tert-OH is 2. The van der Waals surface area contributed by atoms with E-state index in [9.17, 15) is 76.6 Å². The van der Waals surface area contributed by atoms with Crippen LogP contribution in [0.15, 0.2) is 40.1 Å². The van der Waals surface area contributed by atoms with Crippen molar-refractivity contribution in [1.29, 1.82) is 0 Å². The summed E-state index contributed by atoms with van der Waals surface area (Å²) in [6.07, 6.45) is -2.62. The average molecular weight is 1110 g/mol. The van der Waals surface area contributed by atoms with Crippen LogP contribution < -0.4 is 21.3 Å². The van der Waals surface area contributed by atoms with E-state index >= 15 is 0 Å². The second-order valence-corrected chi connectivity index (χ2v) is 23.6. The predicted molar refractivity (Wildman–Crippen MR) is 228 cm³/mol. The topological polar surface area (TPSA) is 475 Å². The van der Waals surface area contributed by atoms with Crippen LogP contribution in [-0.2, 0) is 67.5 Å². The number of hydrogen-bond donors (Lipinski definition) is 10. The molecular weight excluding hydrogens is 1060 g/mol. The van der Waals surface area contributed by atoms with Crippen molar-refractivity contribution in [3.05, 3.63) is 62.7 Å². The molecule has 1 aromatic carbocycles. The first-order valence-corrected chi connectivity index (χ1v) is 28.8. The van der Waals surface area contributed by atoms with E-state index in [1.54, 1.807) is 31.2 Å². The number of hydrogen-bond acceptors (Lipinski definition) is 25. The van der Waals surface area contributed by atoms with Gasteiger partial charge in [-0.15, -0.1) is 20.4 Å². The molecule has 0 bridgehead atoms. The van der Waals surface area contributed by atoms with E-state index in [1.807, 2.05) is 4.98 Å². The molecule has 3 heterocycles. The molecule has 0 aliphatic carbocycles. The normalized spacial score (nSPS) is 22.0. The number of phosphoric ester groups is 2. The molecule has 33 nitrogen and oxygen atoms in total. The summed E-state index contributed by atoms with van der Waals surface area (Å²) in [5.74, 6) is 1.43. The van der Waals surface area contributed by atoms with Gasteiger partial charge in [-0.25, -0.2) is 32.2 Å². The summed E-state index contributed by atoms with van der Waals surface area (Å²) in [5, 5.41) is 38.9. The first-order chi connectivity index (χ1) is 32.0. The van der Waals surface area contributed by atoms with Crippen molar-refractivity contribution in [2.75, 3.05) is 39.6 Å². The molecule has 390 valence electrons. The van der Waals surface area contributed by atoms with Crippen molar-refractivity contribution >= 4 is 46.9 Å². The fourth-order valence-corrected chi connectivity index (χ4v) is 13.3. The van der Waals surface area contributed by atoms with Crippen molar-refractivity contribution in [2.24, 2.45) is 0 Å². The van der Waals surface area contributed by atoms with Crippen molar-refractivity contribution in [1.82, 2.24) is 35.3 Å². The molecule has 0 amide bonds. The van der Waals surface area contributed by atoms with Gasteiger partial charge in [-0.1, -0.05) is 12.8 Å². The third-order valence-corrected chi connectivity index (χ3v) is 17.8. The van der Waals surface area contributed by atoms with Crippen LogP contribution in [0.1, 0.15) is 56.1 Å².